The highest BCUT2D eigenvalue weighted by Crippen LogP contribution is 2.28. The molecule has 3 rings (SSSR count). The summed E-state index contributed by atoms with van der Waals surface area (Å²) in [6.45, 7) is 4.27. The molecule has 0 aromatic heterocycles. The standard InChI is InChI=1S/C22H23N3O3S/c1-14-7-6-8-15(2)21(14)24-19(27)11-17-22(28)25-20(29-17)12-18(26)23-13-16-9-4-3-5-10-16/h3-10,17H,11-13H2,1-2H3,(H,23,26)(H,24,27)/t17-/m0/s1. The fourth-order valence-corrected chi connectivity index (χ4v) is 4.09. The molecular weight excluding hydrogens is 386 g/mol. The lowest BCUT2D eigenvalue weighted by Gasteiger charge is -2.12. The van der Waals surface area contributed by atoms with Gasteiger partial charge < -0.3 is 10.6 Å². The van der Waals surface area contributed by atoms with Gasteiger partial charge in [-0.2, -0.15) is 0 Å². The van der Waals surface area contributed by atoms with E-state index in [4.69, 9.17) is 0 Å². The van der Waals surface area contributed by atoms with Gasteiger partial charge in [0.2, 0.25) is 11.8 Å². The second-order valence-electron chi connectivity index (χ2n) is 6.91. The van der Waals surface area contributed by atoms with Gasteiger partial charge in [-0.15, -0.1) is 0 Å². The van der Waals surface area contributed by atoms with Crippen LogP contribution in [0.4, 0.5) is 5.69 Å². The van der Waals surface area contributed by atoms with E-state index in [1.54, 1.807) is 0 Å². The number of aryl methyl sites for hydroxylation is 2. The van der Waals surface area contributed by atoms with E-state index in [-0.39, 0.29) is 30.6 Å². The lowest BCUT2D eigenvalue weighted by atomic mass is 10.1. The molecule has 0 saturated heterocycles. The number of hydrogen-bond donors (Lipinski definition) is 2. The van der Waals surface area contributed by atoms with Gasteiger partial charge in [0.15, 0.2) is 0 Å². The van der Waals surface area contributed by atoms with E-state index < -0.39 is 5.25 Å². The minimum atomic E-state index is -0.587. The van der Waals surface area contributed by atoms with Gasteiger partial charge in [0.05, 0.1) is 11.5 Å². The van der Waals surface area contributed by atoms with Crippen LogP contribution in [0.1, 0.15) is 29.5 Å². The molecule has 0 bridgehead atoms. The number of nitrogens with one attached hydrogen (secondary N) is 2. The fraction of sp³-hybridized carbons (Fsp3) is 0.273. The Morgan fingerprint density at radius 2 is 1.69 bits per heavy atom. The number of carbonyl (C=O) groups excluding carboxylic acids is 3. The van der Waals surface area contributed by atoms with E-state index in [0.29, 0.717) is 11.6 Å². The zero-order chi connectivity index (χ0) is 20.8. The summed E-state index contributed by atoms with van der Waals surface area (Å²) in [6.07, 6.45) is 0.0637. The summed E-state index contributed by atoms with van der Waals surface area (Å²) in [6, 6.07) is 15.4. The number of para-hydroxylation sites is 1. The molecule has 3 amide bonds. The Balaban J connectivity index is 1.48. The van der Waals surface area contributed by atoms with Crippen molar-refractivity contribution in [1.29, 1.82) is 0 Å². The van der Waals surface area contributed by atoms with Crippen LogP contribution in [0.25, 0.3) is 0 Å². The lowest BCUT2D eigenvalue weighted by Crippen LogP contribution is -2.24. The van der Waals surface area contributed by atoms with Crippen molar-refractivity contribution in [2.45, 2.75) is 38.5 Å². The van der Waals surface area contributed by atoms with Crippen molar-refractivity contribution in [3.05, 3.63) is 65.2 Å². The van der Waals surface area contributed by atoms with Crippen molar-refractivity contribution in [2.24, 2.45) is 4.99 Å². The first-order valence-electron chi connectivity index (χ1n) is 9.37. The number of benzene rings is 2. The van der Waals surface area contributed by atoms with Crippen molar-refractivity contribution in [1.82, 2.24) is 5.32 Å². The molecule has 2 N–H and O–H groups in total. The van der Waals surface area contributed by atoms with Crippen molar-refractivity contribution >= 4 is 40.2 Å². The maximum absolute atomic E-state index is 12.4. The number of hydrogen-bond acceptors (Lipinski definition) is 4. The van der Waals surface area contributed by atoms with Gasteiger partial charge >= 0.3 is 0 Å². The molecule has 0 radical (unpaired) electrons. The van der Waals surface area contributed by atoms with E-state index in [1.807, 2.05) is 62.4 Å². The monoisotopic (exact) mass is 409 g/mol. The Bertz CT molecular complexity index is 937. The molecule has 1 atom stereocenters. The van der Waals surface area contributed by atoms with Crippen molar-refractivity contribution in [3.8, 4) is 0 Å². The molecule has 0 unspecified atom stereocenters. The largest absolute Gasteiger partial charge is 0.352 e. The van der Waals surface area contributed by atoms with E-state index in [9.17, 15) is 14.4 Å². The van der Waals surface area contributed by atoms with Gasteiger partial charge in [0, 0.05) is 18.7 Å². The minimum Gasteiger partial charge on any atom is -0.352 e. The second kappa shape index (κ2) is 9.52. The molecule has 150 valence electrons. The minimum absolute atomic E-state index is 0.0237. The molecule has 6 nitrogen and oxygen atoms in total. The third kappa shape index (κ3) is 5.77. The van der Waals surface area contributed by atoms with Crippen molar-refractivity contribution in [3.63, 3.8) is 0 Å². The van der Waals surface area contributed by atoms with Crippen LogP contribution >= 0.6 is 11.8 Å². The van der Waals surface area contributed by atoms with Crippen LogP contribution in [0.15, 0.2) is 53.5 Å². The maximum atomic E-state index is 12.4. The summed E-state index contributed by atoms with van der Waals surface area (Å²) < 4.78 is 0. The van der Waals surface area contributed by atoms with Crippen molar-refractivity contribution in [2.75, 3.05) is 5.32 Å². The zero-order valence-electron chi connectivity index (χ0n) is 16.4. The Kier molecular flexibility index (Phi) is 6.82. The Labute approximate surface area is 174 Å². The molecule has 1 aliphatic rings. The predicted molar refractivity (Wildman–Crippen MR) is 116 cm³/mol. The number of aliphatic imine (C=N–C) groups is 1. The van der Waals surface area contributed by atoms with Gasteiger partial charge in [-0.3, -0.25) is 14.4 Å². The van der Waals surface area contributed by atoms with E-state index in [0.717, 1.165) is 22.4 Å². The first kappa shape index (κ1) is 20.8. The number of amides is 3. The van der Waals surface area contributed by atoms with E-state index >= 15 is 0 Å². The summed E-state index contributed by atoms with van der Waals surface area (Å²) in [5.74, 6) is -0.802. The van der Waals surface area contributed by atoms with Gasteiger partial charge in [-0.05, 0) is 30.5 Å². The van der Waals surface area contributed by atoms with Crippen LogP contribution in [-0.4, -0.2) is 28.0 Å². The highest BCUT2D eigenvalue weighted by atomic mass is 32.2. The second-order valence-corrected chi connectivity index (χ2v) is 8.18. The van der Waals surface area contributed by atoms with Crippen LogP contribution in [0.5, 0.6) is 0 Å². The van der Waals surface area contributed by atoms with Crippen LogP contribution in [0.2, 0.25) is 0 Å². The Hall–Kier alpha value is -2.93. The van der Waals surface area contributed by atoms with Crippen LogP contribution < -0.4 is 10.6 Å². The molecule has 29 heavy (non-hydrogen) atoms. The number of carbonyl (C=O) groups is 3. The molecule has 0 fully saturated rings. The van der Waals surface area contributed by atoms with Crippen LogP contribution in [-0.2, 0) is 20.9 Å². The number of thioether (sulfide) groups is 1. The summed E-state index contributed by atoms with van der Waals surface area (Å²) in [7, 11) is 0. The van der Waals surface area contributed by atoms with Crippen LogP contribution in [0.3, 0.4) is 0 Å². The topological polar surface area (TPSA) is 87.6 Å². The molecular formula is C22H23N3O3S. The molecule has 0 saturated carbocycles. The fourth-order valence-electron chi connectivity index (χ4n) is 3.01. The predicted octanol–water partition coefficient (Wildman–Crippen LogP) is 3.38. The van der Waals surface area contributed by atoms with E-state index in [1.165, 1.54) is 11.8 Å². The van der Waals surface area contributed by atoms with E-state index in [2.05, 4.69) is 15.6 Å². The molecule has 1 aliphatic heterocycles. The molecule has 0 spiro atoms. The quantitative estimate of drug-likeness (QED) is 0.734. The third-order valence-corrected chi connectivity index (χ3v) is 5.71. The number of nitrogens with zero attached hydrogens (tertiary/aromatic N) is 1. The maximum Gasteiger partial charge on any atom is 0.260 e. The average molecular weight is 410 g/mol. The zero-order valence-corrected chi connectivity index (χ0v) is 17.2. The normalized spacial score (nSPS) is 15.7. The summed E-state index contributed by atoms with van der Waals surface area (Å²) in [5.41, 5.74) is 3.71. The highest BCUT2D eigenvalue weighted by Gasteiger charge is 2.31. The van der Waals surface area contributed by atoms with Crippen LogP contribution in [0, 0.1) is 13.8 Å². The third-order valence-electron chi connectivity index (χ3n) is 4.55. The molecule has 0 aliphatic carbocycles. The first-order valence-corrected chi connectivity index (χ1v) is 10.2. The van der Waals surface area contributed by atoms with Gasteiger partial charge in [0.1, 0.15) is 5.25 Å². The Morgan fingerprint density at radius 1 is 1.00 bits per heavy atom. The van der Waals surface area contributed by atoms with Gasteiger partial charge in [-0.1, -0.05) is 60.3 Å². The van der Waals surface area contributed by atoms with Gasteiger partial charge in [0.25, 0.3) is 5.91 Å². The first-order chi connectivity index (χ1) is 13.9. The average Bonchev–Trinajstić information content (AvgIpc) is 3.02. The molecule has 1 heterocycles. The molecule has 7 heteroatoms. The number of rotatable bonds is 7. The SMILES string of the molecule is Cc1cccc(C)c1NC(=O)C[C@@H]1SC(CC(=O)NCc2ccccc2)=NC1=O. The summed E-state index contributed by atoms with van der Waals surface area (Å²) in [5, 5.41) is 5.57. The number of anilines is 1. The Morgan fingerprint density at radius 3 is 2.38 bits per heavy atom. The summed E-state index contributed by atoms with van der Waals surface area (Å²) >= 11 is 1.19. The smallest absolute Gasteiger partial charge is 0.260 e. The highest BCUT2D eigenvalue weighted by molar-refractivity contribution is 8.15. The van der Waals surface area contributed by atoms with Gasteiger partial charge in [-0.25, -0.2) is 4.99 Å². The summed E-state index contributed by atoms with van der Waals surface area (Å²) in [4.78, 5) is 40.6. The van der Waals surface area contributed by atoms with Crippen molar-refractivity contribution < 1.29 is 14.4 Å². The lowest BCUT2D eigenvalue weighted by molar-refractivity contribution is -0.121. The molecule has 2 aromatic rings. The molecule has 2 aromatic carbocycles.